The first-order chi connectivity index (χ1) is 6.67. The molecule has 0 aliphatic carbocycles. The highest BCUT2D eigenvalue weighted by molar-refractivity contribution is 8.21. The SMILES string of the molecule is CSC(=CC1OC(C)OCC1C)SC. The second kappa shape index (κ2) is 6.05. The molecule has 0 bridgehead atoms. The summed E-state index contributed by atoms with van der Waals surface area (Å²) in [4.78, 5) is 0. The minimum absolute atomic E-state index is 0.0718. The molecule has 82 valence electrons. The standard InChI is InChI=1S/C10H18O2S2/c1-7-6-11-8(2)12-9(7)5-10(13-3)14-4/h5,7-9H,6H2,1-4H3. The van der Waals surface area contributed by atoms with Crippen molar-refractivity contribution in [1.82, 2.24) is 0 Å². The molecule has 1 aliphatic heterocycles. The third-order valence-corrected chi connectivity index (χ3v) is 4.28. The van der Waals surface area contributed by atoms with Crippen molar-refractivity contribution < 1.29 is 9.47 Å². The van der Waals surface area contributed by atoms with Crippen LogP contribution in [0.2, 0.25) is 0 Å². The van der Waals surface area contributed by atoms with Crippen LogP contribution in [-0.2, 0) is 9.47 Å². The summed E-state index contributed by atoms with van der Waals surface area (Å²) in [5, 5.41) is 0. The molecular formula is C10H18O2S2. The minimum atomic E-state index is -0.0718. The van der Waals surface area contributed by atoms with Gasteiger partial charge < -0.3 is 9.47 Å². The fourth-order valence-corrected chi connectivity index (χ4v) is 2.54. The van der Waals surface area contributed by atoms with Crippen molar-refractivity contribution in [1.29, 1.82) is 0 Å². The summed E-state index contributed by atoms with van der Waals surface area (Å²) in [7, 11) is 0. The van der Waals surface area contributed by atoms with Crippen LogP contribution in [0.15, 0.2) is 10.3 Å². The Labute approximate surface area is 94.8 Å². The zero-order valence-electron chi connectivity index (χ0n) is 9.15. The fraction of sp³-hybridized carbons (Fsp3) is 0.800. The van der Waals surface area contributed by atoms with E-state index in [1.54, 1.807) is 23.5 Å². The van der Waals surface area contributed by atoms with Crippen molar-refractivity contribution in [2.45, 2.75) is 26.2 Å². The maximum Gasteiger partial charge on any atom is 0.155 e. The van der Waals surface area contributed by atoms with Gasteiger partial charge in [0.05, 0.1) is 12.7 Å². The van der Waals surface area contributed by atoms with Crippen LogP contribution < -0.4 is 0 Å². The summed E-state index contributed by atoms with van der Waals surface area (Å²) in [6, 6.07) is 0. The van der Waals surface area contributed by atoms with E-state index in [1.807, 2.05) is 6.92 Å². The first-order valence-electron chi connectivity index (χ1n) is 4.74. The van der Waals surface area contributed by atoms with Crippen LogP contribution >= 0.6 is 23.5 Å². The van der Waals surface area contributed by atoms with E-state index in [-0.39, 0.29) is 12.4 Å². The quantitative estimate of drug-likeness (QED) is 0.747. The largest absolute Gasteiger partial charge is 0.353 e. The van der Waals surface area contributed by atoms with Crippen LogP contribution in [-0.4, -0.2) is 31.5 Å². The van der Waals surface area contributed by atoms with E-state index in [1.165, 1.54) is 4.24 Å². The van der Waals surface area contributed by atoms with Crippen LogP contribution in [0.4, 0.5) is 0 Å². The zero-order valence-corrected chi connectivity index (χ0v) is 10.8. The summed E-state index contributed by atoms with van der Waals surface area (Å²) in [5.41, 5.74) is 0. The molecular weight excluding hydrogens is 216 g/mol. The van der Waals surface area contributed by atoms with Crippen LogP contribution in [0, 0.1) is 5.92 Å². The molecule has 1 aliphatic rings. The van der Waals surface area contributed by atoms with Crippen molar-refractivity contribution in [2.75, 3.05) is 19.1 Å². The van der Waals surface area contributed by atoms with Crippen LogP contribution in [0.1, 0.15) is 13.8 Å². The van der Waals surface area contributed by atoms with Crippen molar-refractivity contribution >= 4 is 23.5 Å². The lowest BCUT2D eigenvalue weighted by Crippen LogP contribution is -2.36. The van der Waals surface area contributed by atoms with Gasteiger partial charge >= 0.3 is 0 Å². The molecule has 0 saturated carbocycles. The van der Waals surface area contributed by atoms with Crippen LogP contribution in [0.5, 0.6) is 0 Å². The Morgan fingerprint density at radius 2 is 1.93 bits per heavy atom. The minimum Gasteiger partial charge on any atom is -0.353 e. The Morgan fingerprint density at radius 1 is 1.29 bits per heavy atom. The van der Waals surface area contributed by atoms with Crippen LogP contribution in [0.3, 0.4) is 0 Å². The lowest BCUT2D eigenvalue weighted by Gasteiger charge is -2.31. The van der Waals surface area contributed by atoms with Gasteiger partial charge in [-0.05, 0) is 25.5 Å². The van der Waals surface area contributed by atoms with Crippen molar-refractivity contribution in [3.63, 3.8) is 0 Å². The molecule has 14 heavy (non-hydrogen) atoms. The molecule has 2 nitrogen and oxygen atoms in total. The molecule has 3 unspecified atom stereocenters. The highest BCUT2D eigenvalue weighted by Crippen LogP contribution is 2.28. The van der Waals surface area contributed by atoms with E-state index in [0.717, 1.165) is 6.61 Å². The molecule has 0 spiro atoms. The molecule has 0 aromatic carbocycles. The molecule has 0 aromatic heterocycles. The molecule has 0 amide bonds. The van der Waals surface area contributed by atoms with Gasteiger partial charge in [0.25, 0.3) is 0 Å². The molecule has 1 saturated heterocycles. The monoisotopic (exact) mass is 234 g/mol. The summed E-state index contributed by atoms with van der Waals surface area (Å²) in [5.74, 6) is 0.445. The first-order valence-corrected chi connectivity index (χ1v) is 7.19. The molecule has 0 aromatic rings. The van der Waals surface area contributed by atoms with Crippen LogP contribution in [0.25, 0.3) is 0 Å². The lowest BCUT2D eigenvalue weighted by molar-refractivity contribution is -0.210. The Balaban J connectivity index is 2.60. The Hall–Kier alpha value is 0.360. The maximum absolute atomic E-state index is 5.71. The average Bonchev–Trinajstić information content (AvgIpc) is 2.19. The van der Waals surface area contributed by atoms with Crippen molar-refractivity contribution in [3.8, 4) is 0 Å². The van der Waals surface area contributed by atoms with Gasteiger partial charge in [0.1, 0.15) is 0 Å². The fourth-order valence-electron chi connectivity index (χ4n) is 1.33. The van der Waals surface area contributed by atoms with Gasteiger partial charge in [0.15, 0.2) is 6.29 Å². The van der Waals surface area contributed by atoms with E-state index < -0.39 is 0 Å². The summed E-state index contributed by atoms with van der Waals surface area (Å²) in [6.45, 7) is 4.90. The number of ether oxygens (including phenoxy) is 2. The molecule has 1 rings (SSSR count). The average molecular weight is 234 g/mol. The molecule has 4 heteroatoms. The number of hydrogen-bond donors (Lipinski definition) is 0. The van der Waals surface area contributed by atoms with E-state index in [2.05, 4.69) is 25.5 Å². The predicted molar refractivity (Wildman–Crippen MR) is 64.6 cm³/mol. The number of rotatable bonds is 3. The predicted octanol–water partition coefficient (Wildman–Crippen LogP) is 2.95. The highest BCUT2D eigenvalue weighted by Gasteiger charge is 2.25. The third kappa shape index (κ3) is 3.50. The highest BCUT2D eigenvalue weighted by atomic mass is 32.2. The Kier molecular flexibility index (Phi) is 5.38. The smallest absolute Gasteiger partial charge is 0.155 e. The molecule has 0 N–H and O–H groups in total. The molecule has 1 fully saturated rings. The maximum atomic E-state index is 5.71. The topological polar surface area (TPSA) is 18.5 Å². The Bertz CT molecular complexity index is 200. The number of hydrogen-bond acceptors (Lipinski definition) is 4. The molecule has 3 atom stereocenters. The molecule has 1 heterocycles. The second-order valence-corrected chi connectivity index (χ2v) is 5.33. The normalized spacial score (nSPS) is 32.7. The number of thioether (sulfide) groups is 2. The lowest BCUT2D eigenvalue weighted by atomic mass is 10.1. The van der Waals surface area contributed by atoms with Crippen molar-refractivity contribution in [3.05, 3.63) is 10.3 Å². The second-order valence-electron chi connectivity index (χ2n) is 3.37. The first kappa shape index (κ1) is 12.4. The van der Waals surface area contributed by atoms with Gasteiger partial charge in [-0.15, -0.1) is 23.5 Å². The van der Waals surface area contributed by atoms with Gasteiger partial charge in [-0.1, -0.05) is 6.92 Å². The van der Waals surface area contributed by atoms with E-state index in [9.17, 15) is 0 Å². The third-order valence-electron chi connectivity index (χ3n) is 2.21. The van der Waals surface area contributed by atoms with Gasteiger partial charge in [-0.2, -0.15) is 0 Å². The summed E-state index contributed by atoms with van der Waals surface area (Å²) >= 11 is 3.54. The summed E-state index contributed by atoms with van der Waals surface area (Å²) < 4.78 is 12.4. The molecule has 0 radical (unpaired) electrons. The Morgan fingerprint density at radius 3 is 2.50 bits per heavy atom. The summed E-state index contributed by atoms with van der Waals surface area (Å²) in [6.07, 6.45) is 6.52. The van der Waals surface area contributed by atoms with Gasteiger partial charge in [-0.25, -0.2) is 0 Å². The van der Waals surface area contributed by atoms with Gasteiger partial charge in [0, 0.05) is 10.2 Å². The van der Waals surface area contributed by atoms with E-state index in [4.69, 9.17) is 9.47 Å². The van der Waals surface area contributed by atoms with Crippen molar-refractivity contribution in [2.24, 2.45) is 5.92 Å². The zero-order chi connectivity index (χ0) is 10.6. The van der Waals surface area contributed by atoms with E-state index in [0.29, 0.717) is 5.92 Å². The van der Waals surface area contributed by atoms with E-state index >= 15 is 0 Å². The van der Waals surface area contributed by atoms with Gasteiger partial charge in [-0.3, -0.25) is 0 Å². The van der Waals surface area contributed by atoms with Gasteiger partial charge in [0.2, 0.25) is 0 Å².